The Kier molecular flexibility index (Phi) is 28.6. The van der Waals surface area contributed by atoms with E-state index in [1.54, 1.807) is 42.4 Å². The van der Waals surface area contributed by atoms with Crippen LogP contribution in [0.4, 0.5) is 0 Å². The van der Waals surface area contributed by atoms with Crippen molar-refractivity contribution in [2.45, 2.75) is 33.6 Å². The van der Waals surface area contributed by atoms with Crippen LogP contribution in [0.2, 0.25) is 0 Å². The van der Waals surface area contributed by atoms with E-state index in [4.69, 9.17) is 10.5 Å². The van der Waals surface area contributed by atoms with Gasteiger partial charge >= 0.3 is 29.6 Å². The molecule has 0 aliphatic rings. The van der Waals surface area contributed by atoms with Gasteiger partial charge < -0.3 is 12.6 Å². The molecule has 0 aliphatic carbocycles. The summed E-state index contributed by atoms with van der Waals surface area (Å²) in [5, 5.41) is 16.7. The van der Waals surface area contributed by atoms with Crippen molar-refractivity contribution in [3.63, 3.8) is 0 Å². The molecule has 136 valence electrons. The van der Waals surface area contributed by atoms with Gasteiger partial charge in [0, 0.05) is 21.8 Å². The molecule has 0 N–H and O–H groups in total. The molecule has 4 nitrogen and oxygen atoms in total. The van der Waals surface area contributed by atoms with Gasteiger partial charge in [0.2, 0.25) is 0 Å². The van der Waals surface area contributed by atoms with E-state index in [0.717, 1.165) is 20.9 Å². The van der Waals surface area contributed by atoms with Gasteiger partial charge in [0.15, 0.2) is 0 Å². The van der Waals surface area contributed by atoms with Gasteiger partial charge in [0.1, 0.15) is 23.5 Å². The Morgan fingerprint density at radius 3 is 1.77 bits per heavy atom. The van der Waals surface area contributed by atoms with Crippen molar-refractivity contribution in [1.29, 1.82) is 10.5 Å². The molecule has 0 bridgehead atoms. The van der Waals surface area contributed by atoms with Crippen LogP contribution in [0.25, 0.3) is 0 Å². The van der Waals surface area contributed by atoms with E-state index in [9.17, 15) is 0 Å². The summed E-state index contributed by atoms with van der Waals surface area (Å²) >= 11 is 9.32. The maximum Gasteiger partial charge on any atom is 1.00 e. The summed E-state index contributed by atoms with van der Waals surface area (Å²) in [6, 6.07) is 11.0. The van der Waals surface area contributed by atoms with Gasteiger partial charge in [0.05, 0.1) is 0 Å². The Hall–Kier alpha value is -0.540. The van der Waals surface area contributed by atoms with E-state index in [1.165, 1.54) is 0 Å². The first-order valence-corrected chi connectivity index (χ1v) is 9.05. The zero-order chi connectivity index (χ0) is 17.5. The maximum atomic E-state index is 8.44. The Bertz CT molecular complexity index is 638. The smallest absolute Gasteiger partial charge is 0.793 e. The van der Waals surface area contributed by atoms with Crippen LogP contribution < -0.4 is 29.6 Å². The van der Waals surface area contributed by atoms with Gasteiger partial charge in [-0.05, 0) is 45.9 Å². The molecule has 0 amide bonds. The summed E-state index contributed by atoms with van der Waals surface area (Å²) < 4.78 is 0.890. The predicted octanol–water partition coefficient (Wildman–Crippen LogP) is 2.61. The molecule has 2 aromatic rings. The number of hydrogen-bond donors (Lipinski definition) is 0. The molecule has 0 fully saturated rings. The number of hydrogen-bond acceptors (Lipinski definition) is 6. The van der Waals surface area contributed by atoms with Gasteiger partial charge in [-0.2, -0.15) is 16.3 Å². The van der Waals surface area contributed by atoms with Crippen LogP contribution in [0.3, 0.4) is 0 Å². The Labute approximate surface area is 198 Å². The number of nitriles is 2. The van der Waals surface area contributed by atoms with Crippen LogP contribution in [0, 0.1) is 22.7 Å². The van der Waals surface area contributed by atoms with Crippen LogP contribution in [-0.2, 0) is 12.6 Å². The number of aromatic nitrogens is 2. The predicted molar refractivity (Wildman–Crippen MR) is 113 cm³/mol. The molecule has 0 atom stereocenters. The van der Waals surface area contributed by atoms with Gasteiger partial charge in [0.25, 0.3) is 0 Å². The van der Waals surface area contributed by atoms with Gasteiger partial charge in [-0.1, -0.05) is 28.7 Å². The van der Waals surface area contributed by atoms with Crippen LogP contribution in [-0.4, -0.2) is 21.5 Å². The fourth-order valence-electron chi connectivity index (χ4n) is 1.14. The van der Waals surface area contributed by atoms with Crippen LogP contribution >= 0.6 is 27.7 Å². The Morgan fingerprint density at radius 1 is 1.00 bits per heavy atom. The van der Waals surface area contributed by atoms with Crippen LogP contribution in [0.1, 0.15) is 40.1 Å². The first-order chi connectivity index (χ1) is 11.1. The first kappa shape index (κ1) is 33.1. The Morgan fingerprint density at radius 2 is 1.46 bits per heavy atom. The van der Waals surface area contributed by atoms with E-state index in [0.29, 0.717) is 11.4 Å². The summed E-state index contributed by atoms with van der Waals surface area (Å²) in [6.45, 7) is 4.03. The van der Waals surface area contributed by atoms with Gasteiger partial charge in [-0.3, -0.25) is 0 Å². The van der Waals surface area contributed by atoms with E-state index < -0.39 is 0 Å². The normalized spacial score (nSPS) is 7.46. The average molecular weight is 463 g/mol. The van der Waals surface area contributed by atoms with Gasteiger partial charge in [-0.25, -0.2) is 9.97 Å². The Balaban J connectivity index is -0.000000148. The van der Waals surface area contributed by atoms with E-state index in [-0.39, 0.29) is 44.4 Å². The SMILES string of the molecule is C.C.CCSc1ccc(C#N)nc1.CC[S-].N#Cc1ccc(Br)cn1.[Na+]. The van der Waals surface area contributed by atoms with Crippen LogP contribution in [0.5, 0.6) is 0 Å². The second kappa shape index (κ2) is 22.5. The molecular weight excluding hydrogens is 439 g/mol. The molecule has 8 heteroatoms. The molecule has 2 aromatic heterocycles. The second-order valence-corrected chi connectivity index (χ2v) is 6.52. The molecule has 0 unspecified atom stereocenters. The van der Waals surface area contributed by atoms with Crippen molar-refractivity contribution in [3.05, 3.63) is 52.5 Å². The van der Waals surface area contributed by atoms with Crippen molar-refractivity contribution in [2.24, 2.45) is 0 Å². The molecule has 0 aromatic carbocycles. The summed E-state index contributed by atoms with van der Waals surface area (Å²) in [5.41, 5.74) is 0.920. The molecule has 26 heavy (non-hydrogen) atoms. The van der Waals surface area contributed by atoms with Crippen molar-refractivity contribution >= 4 is 40.3 Å². The molecule has 2 rings (SSSR count). The first-order valence-electron chi connectivity index (χ1n) is 6.69. The topological polar surface area (TPSA) is 73.4 Å². The zero-order valence-corrected chi connectivity index (χ0v) is 19.1. The van der Waals surface area contributed by atoms with E-state index in [1.807, 2.05) is 25.1 Å². The van der Waals surface area contributed by atoms with Crippen molar-refractivity contribution in [2.75, 3.05) is 11.5 Å². The third-order valence-corrected chi connectivity index (χ3v) is 3.34. The van der Waals surface area contributed by atoms with Crippen molar-refractivity contribution < 1.29 is 29.6 Å². The zero-order valence-electron chi connectivity index (χ0n) is 13.9. The monoisotopic (exact) mass is 462 g/mol. The van der Waals surface area contributed by atoms with Crippen LogP contribution in [0.15, 0.2) is 46.0 Å². The number of thioether (sulfide) groups is 1. The molecular formula is C18H24BrN4NaS2. The minimum absolute atomic E-state index is 0. The number of halogens is 1. The maximum absolute atomic E-state index is 8.44. The standard InChI is InChI=1S/C8H8N2S.C6H3BrN2.C2H6S.2CH4.Na/c1-2-11-8-4-3-7(5-9)10-6-8;7-5-1-2-6(3-8)9-4-5;1-2-3;;;/h3-4,6H,2H2,1H3;1-2,4H;3H,2H2,1H3;2*1H4;/q;;;;;+1/p-1. The number of pyridine rings is 2. The summed E-state index contributed by atoms with van der Waals surface area (Å²) in [4.78, 5) is 8.84. The molecule has 0 aliphatic heterocycles. The van der Waals surface area contributed by atoms with Crippen molar-refractivity contribution in [3.8, 4) is 12.1 Å². The molecule has 0 saturated heterocycles. The molecule has 0 saturated carbocycles. The van der Waals surface area contributed by atoms with E-state index in [2.05, 4.69) is 45.5 Å². The second-order valence-electron chi connectivity index (χ2n) is 3.69. The quantitative estimate of drug-likeness (QED) is 0.387. The minimum atomic E-state index is 0. The molecule has 2 heterocycles. The average Bonchev–Trinajstić information content (AvgIpc) is 2.58. The number of rotatable bonds is 2. The van der Waals surface area contributed by atoms with E-state index >= 15 is 0 Å². The largest absolute Gasteiger partial charge is 1.00 e. The van der Waals surface area contributed by atoms with Crippen molar-refractivity contribution in [1.82, 2.24) is 9.97 Å². The third-order valence-electron chi connectivity index (χ3n) is 2.00. The number of nitrogens with zero attached hydrogens (tertiary/aromatic N) is 4. The summed E-state index contributed by atoms with van der Waals surface area (Å²) in [6.07, 6.45) is 3.32. The molecule has 0 radical (unpaired) electrons. The summed E-state index contributed by atoms with van der Waals surface area (Å²) in [7, 11) is 0. The fourth-order valence-corrected chi connectivity index (χ4v) is 2.00. The fraction of sp³-hybridized carbons (Fsp3) is 0.333. The van der Waals surface area contributed by atoms with Gasteiger partial charge in [-0.15, -0.1) is 11.8 Å². The summed E-state index contributed by atoms with van der Waals surface area (Å²) in [5.74, 6) is 1.87. The molecule has 0 spiro atoms. The minimum Gasteiger partial charge on any atom is -0.793 e. The third kappa shape index (κ3) is 16.9.